The van der Waals surface area contributed by atoms with E-state index in [-0.39, 0.29) is 11.4 Å². The Morgan fingerprint density at radius 2 is 1.94 bits per heavy atom. The Hall–Kier alpha value is -0.450. The highest BCUT2D eigenvalue weighted by molar-refractivity contribution is 9.10. The van der Waals surface area contributed by atoms with Crippen LogP contribution in [0.3, 0.4) is 0 Å². The molecule has 0 aliphatic carbocycles. The quantitative estimate of drug-likeness (QED) is 0.817. The molecule has 1 aromatic carbocycles. The second-order valence-corrected chi connectivity index (χ2v) is 6.00. The lowest BCUT2D eigenvalue weighted by molar-refractivity contribution is 0.421. The summed E-state index contributed by atoms with van der Waals surface area (Å²) in [7, 11) is 0. The van der Waals surface area contributed by atoms with Gasteiger partial charge in [0.05, 0.1) is 0 Å². The molecule has 0 fully saturated rings. The van der Waals surface area contributed by atoms with E-state index >= 15 is 0 Å². The first-order valence-electron chi connectivity index (χ1n) is 5.78. The molecule has 17 heavy (non-hydrogen) atoms. The molecule has 96 valence electrons. The van der Waals surface area contributed by atoms with Crippen molar-refractivity contribution in [3.8, 4) is 0 Å². The number of hydrogen-bond donors (Lipinski definition) is 2. The van der Waals surface area contributed by atoms with Crippen LogP contribution in [0.2, 0.25) is 0 Å². The molecular formula is C13H20BrFN2. The zero-order valence-electron chi connectivity index (χ0n) is 10.6. The second-order valence-electron chi connectivity index (χ2n) is 5.09. The number of hydrogen-bond acceptors (Lipinski definition) is 2. The predicted octanol–water partition coefficient (Wildman–Crippen LogP) is 3.07. The molecule has 0 unspecified atom stereocenters. The van der Waals surface area contributed by atoms with Gasteiger partial charge in [-0.25, -0.2) is 4.39 Å². The molecule has 0 atom stereocenters. The summed E-state index contributed by atoms with van der Waals surface area (Å²) in [6.07, 6.45) is 0. The third kappa shape index (κ3) is 6.15. The van der Waals surface area contributed by atoms with Gasteiger partial charge in [0.2, 0.25) is 0 Å². The molecule has 0 aliphatic heterocycles. The van der Waals surface area contributed by atoms with E-state index in [0.29, 0.717) is 12.1 Å². The molecule has 0 aromatic heterocycles. The lowest BCUT2D eigenvalue weighted by atomic mass is 10.1. The fourth-order valence-corrected chi connectivity index (χ4v) is 1.84. The normalized spacial score (nSPS) is 11.8. The maximum absolute atomic E-state index is 13.4. The van der Waals surface area contributed by atoms with Crippen molar-refractivity contribution in [3.05, 3.63) is 34.1 Å². The van der Waals surface area contributed by atoms with Crippen LogP contribution in [0.4, 0.5) is 4.39 Å². The van der Waals surface area contributed by atoms with Crippen molar-refractivity contribution in [3.63, 3.8) is 0 Å². The Bertz CT molecular complexity index is 361. The molecular weight excluding hydrogens is 283 g/mol. The van der Waals surface area contributed by atoms with E-state index in [1.165, 1.54) is 6.07 Å². The van der Waals surface area contributed by atoms with Gasteiger partial charge >= 0.3 is 0 Å². The van der Waals surface area contributed by atoms with Crippen LogP contribution < -0.4 is 10.6 Å². The topological polar surface area (TPSA) is 24.1 Å². The zero-order valence-corrected chi connectivity index (χ0v) is 12.2. The van der Waals surface area contributed by atoms with Gasteiger partial charge in [0.15, 0.2) is 0 Å². The van der Waals surface area contributed by atoms with Crippen molar-refractivity contribution < 1.29 is 4.39 Å². The minimum Gasteiger partial charge on any atom is -0.311 e. The molecule has 0 radical (unpaired) electrons. The Kier molecular flexibility index (Phi) is 5.56. The van der Waals surface area contributed by atoms with E-state index < -0.39 is 0 Å². The summed E-state index contributed by atoms with van der Waals surface area (Å²) >= 11 is 3.34. The SMILES string of the molecule is CC(C)(C)NCCNCc1cc(Br)ccc1F. The summed E-state index contributed by atoms with van der Waals surface area (Å²) in [5.41, 5.74) is 0.818. The molecule has 0 bridgehead atoms. The maximum Gasteiger partial charge on any atom is 0.127 e. The van der Waals surface area contributed by atoms with Crippen molar-refractivity contribution in [1.29, 1.82) is 0 Å². The molecule has 1 aromatic rings. The number of benzene rings is 1. The largest absolute Gasteiger partial charge is 0.311 e. The molecule has 1 rings (SSSR count). The van der Waals surface area contributed by atoms with Gasteiger partial charge in [0.1, 0.15) is 5.82 Å². The van der Waals surface area contributed by atoms with Crippen LogP contribution in [0.15, 0.2) is 22.7 Å². The standard InChI is InChI=1S/C13H20BrFN2/c1-13(2,3)17-7-6-16-9-10-8-11(14)4-5-12(10)15/h4-5,8,16-17H,6-7,9H2,1-3H3. The highest BCUT2D eigenvalue weighted by atomic mass is 79.9. The third-order valence-corrected chi connectivity index (χ3v) is 2.77. The summed E-state index contributed by atoms with van der Waals surface area (Å²) < 4.78 is 14.3. The zero-order chi connectivity index (χ0) is 12.9. The third-order valence-electron chi connectivity index (χ3n) is 2.28. The summed E-state index contributed by atoms with van der Waals surface area (Å²) in [5, 5.41) is 6.59. The fraction of sp³-hybridized carbons (Fsp3) is 0.538. The van der Waals surface area contributed by atoms with E-state index in [0.717, 1.165) is 17.6 Å². The van der Waals surface area contributed by atoms with Crippen molar-refractivity contribution in [1.82, 2.24) is 10.6 Å². The monoisotopic (exact) mass is 302 g/mol. The van der Waals surface area contributed by atoms with Gasteiger partial charge in [0.25, 0.3) is 0 Å². The van der Waals surface area contributed by atoms with Crippen LogP contribution in [0.5, 0.6) is 0 Å². The lowest BCUT2D eigenvalue weighted by Crippen LogP contribution is -2.40. The van der Waals surface area contributed by atoms with Gasteiger partial charge in [-0.2, -0.15) is 0 Å². The Labute approximate surface area is 111 Å². The number of nitrogens with one attached hydrogen (secondary N) is 2. The van der Waals surface area contributed by atoms with Crippen molar-refractivity contribution in [2.75, 3.05) is 13.1 Å². The Morgan fingerprint density at radius 3 is 2.59 bits per heavy atom. The molecule has 0 spiro atoms. The second kappa shape index (κ2) is 6.47. The van der Waals surface area contributed by atoms with E-state index in [2.05, 4.69) is 47.3 Å². The fourth-order valence-electron chi connectivity index (χ4n) is 1.43. The first-order valence-corrected chi connectivity index (χ1v) is 6.57. The number of halogens is 2. The average Bonchev–Trinajstić information content (AvgIpc) is 2.21. The van der Waals surface area contributed by atoms with Gasteiger partial charge in [-0.3, -0.25) is 0 Å². The highest BCUT2D eigenvalue weighted by Gasteiger charge is 2.07. The first-order chi connectivity index (χ1) is 7.88. The van der Waals surface area contributed by atoms with E-state index in [1.807, 2.05) is 0 Å². The molecule has 4 heteroatoms. The Morgan fingerprint density at radius 1 is 1.24 bits per heavy atom. The molecule has 0 saturated carbocycles. The Balaban J connectivity index is 2.29. The summed E-state index contributed by atoms with van der Waals surface area (Å²) in [5.74, 6) is -0.163. The maximum atomic E-state index is 13.4. The van der Waals surface area contributed by atoms with Crippen LogP contribution in [-0.2, 0) is 6.54 Å². The summed E-state index contributed by atoms with van der Waals surface area (Å²) in [6.45, 7) is 8.63. The van der Waals surface area contributed by atoms with Gasteiger partial charge in [0, 0.05) is 35.2 Å². The van der Waals surface area contributed by atoms with Crippen LogP contribution in [-0.4, -0.2) is 18.6 Å². The van der Waals surface area contributed by atoms with Gasteiger partial charge in [-0.15, -0.1) is 0 Å². The van der Waals surface area contributed by atoms with Crippen LogP contribution in [0.1, 0.15) is 26.3 Å². The minimum absolute atomic E-state index is 0.128. The average molecular weight is 303 g/mol. The van der Waals surface area contributed by atoms with Crippen LogP contribution in [0.25, 0.3) is 0 Å². The lowest BCUT2D eigenvalue weighted by Gasteiger charge is -2.20. The first kappa shape index (κ1) is 14.6. The van der Waals surface area contributed by atoms with Crippen molar-refractivity contribution in [2.45, 2.75) is 32.9 Å². The highest BCUT2D eigenvalue weighted by Crippen LogP contribution is 2.15. The van der Waals surface area contributed by atoms with Crippen molar-refractivity contribution >= 4 is 15.9 Å². The molecule has 2 N–H and O–H groups in total. The number of rotatable bonds is 5. The van der Waals surface area contributed by atoms with Gasteiger partial charge < -0.3 is 10.6 Å². The van der Waals surface area contributed by atoms with Gasteiger partial charge in [-0.1, -0.05) is 15.9 Å². The van der Waals surface area contributed by atoms with E-state index in [4.69, 9.17) is 0 Å². The van der Waals surface area contributed by atoms with E-state index in [9.17, 15) is 4.39 Å². The molecule has 0 amide bonds. The molecule has 0 saturated heterocycles. The molecule has 2 nitrogen and oxygen atoms in total. The van der Waals surface area contributed by atoms with Crippen molar-refractivity contribution in [2.24, 2.45) is 0 Å². The molecule has 0 heterocycles. The summed E-state index contributed by atoms with van der Waals surface area (Å²) in [4.78, 5) is 0. The van der Waals surface area contributed by atoms with Gasteiger partial charge in [-0.05, 0) is 39.0 Å². The van der Waals surface area contributed by atoms with Crippen LogP contribution in [0, 0.1) is 5.82 Å². The minimum atomic E-state index is -0.163. The van der Waals surface area contributed by atoms with E-state index in [1.54, 1.807) is 12.1 Å². The predicted molar refractivity (Wildman–Crippen MR) is 73.6 cm³/mol. The smallest absolute Gasteiger partial charge is 0.127 e. The molecule has 0 aliphatic rings. The summed E-state index contributed by atoms with van der Waals surface area (Å²) in [6, 6.07) is 4.99. The van der Waals surface area contributed by atoms with Crippen LogP contribution >= 0.6 is 15.9 Å².